The van der Waals surface area contributed by atoms with Crippen molar-refractivity contribution in [3.63, 3.8) is 0 Å². The van der Waals surface area contributed by atoms with E-state index in [2.05, 4.69) is 4.90 Å². The minimum absolute atomic E-state index is 0. The Morgan fingerprint density at radius 2 is 1.83 bits per heavy atom. The molecule has 7 heteroatoms. The number of nitrogens with one attached hydrogen (secondary N) is 1. The summed E-state index contributed by atoms with van der Waals surface area (Å²) < 4.78 is 42.5. The number of hydrogen-bond acceptors (Lipinski definition) is 3. The molecule has 4 fully saturated rings. The monoisotopic (exact) mass is 412 g/mol. The van der Waals surface area contributed by atoms with Gasteiger partial charge in [-0.25, -0.2) is 0 Å². The number of carbonyl (C=O) groups is 1. The molecule has 1 heterocycles. The number of fused-ring (bicyclic) bond motifs is 3. The van der Waals surface area contributed by atoms with Crippen molar-refractivity contribution in [3.05, 3.63) is 29.8 Å². The molecule has 3 aliphatic carbocycles. The Bertz CT molecular complexity index is 699. The molecule has 1 unspecified atom stereocenters. The van der Waals surface area contributed by atoms with Crippen molar-refractivity contribution in [2.75, 3.05) is 26.2 Å². The average molecular weight is 412 g/mol. The van der Waals surface area contributed by atoms with Crippen LogP contribution in [0.5, 0.6) is 5.75 Å². The Morgan fingerprint density at radius 1 is 1.14 bits per heavy atom. The lowest BCUT2D eigenvalue weighted by Crippen LogP contribution is -2.53. The summed E-state index contributed by atoms with van der Waals surface area (Å²) in [4.78, 5) is 13.8. The normalized spacial score (nSPS) is 27.5. The zero-order chi connectivity index (χ0) is 20.4. The first-order chi connectivity index (χ1) is 13.9. The average Bonchev–Trinajstić information content (AvgIpc) is 2.68. The highest BCUT2D eigenvalue weighted by atomic mass is 19.4. The molecule has 4 nitrogen and oxygen atoms in total. The van der Waals surface area contributed by atoms with E-state index >= 15 is 0 Å². The fourth-order valence-electron chi connectivity index (χ4n) is 5.07. The third-order valence-corrected chi connectivity index (χ3v) is 6.78. The van der Waals surface area contributed by atoms with Gasteiger partial charge in [0.25, 0.3) is 0 Å². The Hall–Kier alpha value is -1.76. The lowest BCUT2D eigenvalue weighted by molar-refractivity contribution is -0.144. The van der Waals surface area contributed by atoms with Crippen molar-refractivity contribution in [2.24, 2.45) is 23.7 Å². The molecule has 1 N–H and O–H groups in total. The summed E-state index contributed by atoms with van der Waals surface area (Å²) in [6.45, 7) is 1.22. The van der Waals surface area contributed by atoms with Crippen LogP contribution >= 0.6 is 0 Å². The molecular formula is C22H31F3N2O2. The van der Waals surface area contributed by atoms with E-state index in [1.165, 1.54) is 32.1 Å². The molecule has 0 aromatic heterocycles. The fourth-order valence-corrected chi connectivity index (χ4v) is 5.07. The maximum absolute atomic E-state index is 12.2. The number of carbonyl (C=O) groups excluding carboxylic acids is 1. The van der Waals surface area contributed by atoms with Gasteiger partial charge in [0.15, 0.2) is 0 Å². The van der Waals surface area contributed by atoms with E-state index < -0.39 is 18.6 Å². The van der Waals surface area contributed by atoms with Crippen molar-refractivity contribution >= 4 is 5.91 Å². The lowest BCUT2D eigenvalue weighted by Gasteiger charge is -2.42. The van der Waals surface area contributed by atoms with Gasteiger partial charge in [0, 0.05) is 21.1 Å². The third-order valence-electron chi connectivity index (χ3n) is 6.78. The number of ether oxygens (including phenoxy) is 1. The van der Waals surface area contributed by atoms with Crippen molar-refractivity contribution in [3.8, 4) is 5.75 Å². The second-order valence-electron chi connectivity index (χ2n) is 8.96. The highest BCUT2D eigenvalue weighted by Gasteiger charge is 2.36. The van der Waals surface area contributed by atoms with E-state index in [4.69, 9.17) is 4.74 Å². The minimum atomic E-state index is -4.36. The van der Waals surface area contributed by atoms with Crippen LogP contribution in [0, 0.1) is 23.7 Å². The number of hydrogen-bond donors (Lipinski definition) is 1. The molecule has 29 heavy (non-hydrogen) atoms. The topological polar surface area (TPSA) is 41.6 Å². The Balaban J connectivity index is 0.00000256. The summed E-state index contributed by atoms with van der Waals surface area (Å²) in [5, 5.41) is 1.96. The van der Waals surface area contributed by atoms with Gasteiger partial charge in [0.05, 0.1) is 12.5 Å². The molecule has 2 bridgehead atoms. The van der Waals surface area contributed by atoms with Crippen molar-refractivity contribution in [2.45, 2.75) is 44.8 Å². The number of likely N-dealkylation sites (tertiary alicyclic amines) is 1. The first-order valence-electron chi connectivity index (χ1n) is 10.6. The standard InChI is InChI=1S/C22H29F3N2O2.H2/c23-22(24,25)14-26-21(28)19-11-27(12-19)10-16-3-7-20(8-4-16)29-13-18-9-15-1-5-17(18)6-2-15;/h3-4,7-8,15,17-19H,1-2,5-6,9-14H2,(H,26,28);1H. The van der Waals surface area contributed by atoms with Crippen molar-refractivity contribution < 1.29 is 24.1 Å². The van der Waals surface area contributed by atoms with E-state index in [1.54, 1.807) is 0 Å². The number of nitrogens with zero attached hydrogens (tertiary/aromatic N) is 1. The maximum Gasteiger partial charge on any atom is 0.405 e. The van der Waals surface area contributed by atoms with Gasteiger partial charge in [0.1, 0.15) is 12.3 Å². The first-order valence-corrected chi connectivity index (χ1v) is 10.6. The zero-order valence-corrected chi connectivity index (χ0v) is 16.6. The van der Waals surface area contributed by atoms with E-state index in [9.17, 15) is 18.0 Å². The number of alkyl halides is 3. The van der Waals surface area contributed by atoms with Crippen LogP contribution in [0.3, 0.4) is 0 Å². The van der Waals surface area contributed by atoms with Gasteiger partial charge in [-0.05, 0) is 54.7 Å². The van der Waals surface area contributed by atoms with Gasteiger partial charge in [-0.2, -0.15) is 13.2 Å². The van der Waals surface area contributed by atoms with Gasteiger partial charge >= 0.3 is 6.18 Å². The largest absolute Gasteiger partial charge is 0.493 e. The SMILES string of the molecule is O=C(NCC(F)(F)F)C1CN(Cc2ccc(OCC3CC4CCC3CC4)cc2)C1.[HH]. The highest BCUT2D eigenvalue weighted by Crippen LogP contribution is 2.45. The van der Waals surface area contributed by atoms with Gasteiger partial charge in [-0.3, -0.25) is 9.69 Å². The van der Waals surface area contributed by atoms with Crippen LogP contribution in [0.25, 0.3) is 0 Å². The summed E-state index contributed by atoms with van der Waals surface area (Å²) in [6.07, 6.45) is 2.48. The van der Waals surface area contributed by atoms with Crippen LogP contribution in [0.4, 0.5) is 13.2 Å². The number of amides is 1. The van der Waals surface area contributed by atoms with Crippen LogP contribution < -0.4 is 10.1 Å². The molecule has 1 aromatic carbocycles. The molecule has 1 amide bonds. The molecule has 162 valence electrons. The Kier molecular flexibility index (Phi) is 6.04. The van der Waals surface area contributed by atoms with Crippen LogP contribution in [0.15, 0.2) is 24.3 Å². The second-order valence-corrected chi connectivity index (χ2v) is 8.96. The third kappa shape index (κ3) is 5.44. The molecule has 0 radical (unpaired) electrons. The molecule has 1 saturated heterocycles. The predicted octanol–water partition coefficient (Wildman–Crippen LogP) is 4.25. The van der Waals surface area contributed by atoms with Gasteiger partial charge in [-0.1, -0.05) is 25.0 Å². The van der Waals surface area contributed by atoms with E-state index in [1.807, 2.05) is 29.6 Å². The summed E-state index contributed by atoms with van der Waals surface area (Å²) in [6, 6.07) is 8.03. The summed E-state index contributed by atoms with van der Waals surface area (Å²) in [5.74, 6) is 2.47. The van der Waals surface area contributed by atoms with Crippen LogP contribution in [-0.4, -0.2) is 43.2 Å². The summed E-state index contributed by atoms with van der Waals surface area (Å²) >= 11 is 0. The van der Waals surface area contributed by atoms with Crippen LogP contribution in [0.2, 0.25) is 0 Å². The van der Waals surface area contributed by atoms with Crippen LogP contribution in [-0.2, 0) is 11.3 Å². The molecule has 4 aliphatic rings. The molecule has 1 atom stereocenters. The second kappa shape index (κ2) is 8.54. The molecule has 5 rings (SSSR count). The van der Waals surface area contributed by atoms with Crippen LogP contribution in [0.1, 0.15) is 39.1 Å². The van der Waals surface area contributed by atoms with Gasteiger partial charge in [-0.15, -0.1) is 0 Å². The number of rotatable bonds is 7. The first kappa shape index (κ1) is 20.5. The number of halogens is 3. The van der Waals surface area contributed by atoms with Crippen molar-refractivity contribution in [1.82, 2.24) is 10.2 Å². The molecule has 3 saturated carbocycles. The maximum atomic E-state index is 12.2. The van der Waals surface area contributed by atoms with E-state index in [0.29, 0.717) is 25.6 Å². The molecule has 0 spiro atoms. The summed E-state index contributed by atoms with van der Waals surface area (Å²) in [7, 11) is 0. The Morgan fingerprint density at radius 3 is 2.41 bits per heavy atom. The van der Waals surface area contributed by atoms with Gasteiger partial charge < -0.3 is 10.1 Å². The van der Waals surface area contributed by atoms with Gasteiger partial charge in [0.2, 0.25) is 5.91 Å². The summed E-state index contributed by atoms with van der Waals surface area (Å²) in [5.41, 5.74) is 1.11. The smallest absolute Gasteiger partial charge is 0.405 e. The molecule has 1 aliphatic heterocycles. The zero-order valence-electron chi connectivity index (χ0n) is 16.6. The number of benzene rings is 1. The molecular weight excluding hydrogens is 381 g/mol. The quantitative estimate of drug-likeness (QED) is 0.728. The Labute approximate surface area is 171 Å². The fraction of sp³-hybridized carbons (Fsp3) is 0.682. The minimum Gasteiger partial charge on any atom is -0.493 e. The van der Waals surface area contributed by atoms with Crippen molar-refractivity contribution in [1.29, 1.82) is 0 Å². The van der Waals surface area contributed by atoms with E-state index in [0.717, 1.165) is 29.8 Å². The lowest BCUT2D eigenvalue weighted by atomic mass is 9.65. The highest BCUT2D eigenvalue weighted by molar-refractivity contribution is 5.80. The van der Waals surface area contributed by atoms with E-state index in [-0.39, 0.29) is 7.34 Å². The molecule has 1 aromatic rings. The predicted molar refractivity (Wildman–Crippen MR) is 105 cm³/mol.